The molecule has 3 rings (SSSR count). The van der Waals surface area contributed by atoms with Crippen molar-refractivity contribution in [3.05, 3.63) is 90.3 Å². The summed E-state index contributed by atoms with van der Waals surface area (Å²) in [6.07, 6.45) is 15.5. The Bertz CT molecular complexity index is 1090. The summed E-state index contributed by atoms with van der Waals surface area (Å²) in [5.41, 5.74) is 11.1. The molecule has 0 aliphatic carbocycles. The van der Waals surface area contributed by atoms with Crippen LogP contribution in [0.25, 0.3) is 0 Å². The molecular formula is C32H40N2O. The van der Waals surface area contributed by atoms with Crippen molar-refractivity contribution in [2.24, 2.45) is 27.7 Å². The molecule has 184 valence electrons. The third-order valence-corrected chi connectivity index (χ3v) is 6.91. The molecule has 0 radical (unpaired) electrons. The maximum absolute atomic E-state index is 5.52. The van der Waals surface area contributed by atoms with E-state index in [-0.39, 0.29) is 5.92 Å². The van der Waals surface area contributed by atoms with Gasteiger partial charge in [0, 0.05) is 37.0 Å². The predicted molar refractivity (Wildman–Crippen MR) is 151 cm³/mol. The van der Waals surface area contributed by atoms with E-state index in [4.69, 9.17) is 14.7 Å². The average molecular weight is 469 g/mol. The van der Waals surface area contributed by atoms with Gasteiger partial charge < -0.3 is 4.74 Å². The first kappa shape index (κ1) is 26.6. The predicted octanol–water partition coefficient (Wildman–Crippen LogP) is 8.45. The van der Waals surface area contributed by atoms with E-state index < -0.39 is 0 Å². The first-order valence-corrected chi connectivity index (χ1v) is 12.8. The van der Waals surface area contributed by atoms with Crippen molar-refractivity contribution in [2.75, 3.05) is 13.2 Å². The van der Waals surface area contributed by atoms with Crippen molar-refractivity contribution in [3.8, 4) is 0 Å². The largest absolute Gasteiger partial charge is 0.381 e. The Balaban J connectivity index is 1.67. The van der Waals surface area contributed by atoms with Gasteiger partial charge in [0.2, 0.25) is 0 Å². The minimum atomic E-state index is 0.171. The molecule has 2 heterocycles. The lowest BCUT2D eigenvalue weighted by Gasteiger charge is -2.26. The zero-order valence-corrected chi connectivity index (χ0v) is 21.7. The number of aliphatic imine (C=N–C) groups is 2. The molecule has 2 aliphatic rings. The molecule has 2 aliphatic heterocycles. The molecule has 0 N–H and O–H groups in total. The van der Waals surface area contributed by atoms with Crippen LogP contribution >= 0.6 is 0 Å². The van der Waals surface area contributed by atoms with Gasteiger partial charge >= 0.3 is 0 Å². The van der Waals surface area contributed by atoms with Crippen LogP contribution in [-0.4, -0.2) is 25.1 Å². The summed E-state index contributed by atoms with van der Waals surface area (Å²) < 4.78 is 5.52. The molecular weight excluding hydrogens is 428 g/mol. The van der Waals surface area contributed by atoms with Crippen LogP contribution in [0.3, 0.4) is 0 Å². The lowest BCUT2D eigenvalue weighted by molar-refractivity contribution is 0.0747. The Kier molecular flexibility index (Phi) is 10.0. The summed E-state index contributed by atoms with van der Waals surface area (Å²) in [6.45, 7) is 20.0. The SMILES string of the molecule is C=C=C(CC1C=Nc2cc(N=C(C)/C=C(/C)C(C=C)/C=C\C(=C)CC)ccc2C1)C1CCOCC1. The molecule has 35 heavy (non-hydrogen) atoms. The highest BCUT2D eigenvalue weighted by Crippen LogP contribution is 2.34. The molecule has 1 fully saturated rings. The first-order valence-electron chi connectivity index (χ1n) is 12.8. The van der Waals surface area contributed by atoms with Crippen LogP contribution in [-0.2, 0) is 11.2 Å². The standard InChI is InChI=1S/C32H40N2O/c1-7-23(4)10-11-27(8-2)24(5)18-25(6)34-31-13-12-30-20-26(22-33-32(30)21-31)19-28(9-3)29-14-16-35-17-15-29/h8,10-13,18,21-22,26-27,29H,2-4,7,14-17,19-20H2,1,5-6H3/b11-10-,24-18-,34-25?. The summed E-state index contributed by atoms with van der Waals surface area (Å²) in [5.74, 6) is 1.11. The number of allylic oxidation sites excluding steroid dienone is 7. The first-order chi connectivity index (χ1) is 16.9. The molecule has 1 saturated heterocycles. The van der Waals surface area contributed by atoms with Gasteiger partial charge in [-0.1, -0.05) is 55.5 Å². The number of fused-ring (bicyclic) bond motifs is 1. The topological polar surface area (TPSA) is 34.0 Å². The van der Waals surface area contributed by atoms with E-state index in [9.17, 15) is 0 Å². The van der Waals surface area contributed by atoms with E-state index in [1.54, 1.807) is 0 Å². The second-order valence-corrected chi connectivity index (χ2v) is 9.62. The van der Waals surface area contributed by atoms with Crippen LogP contribution in [0.5, 0.6) is 0 Å². The fraction of sp³-hybridized carbons (Fsp3) is 0.406. The van der Waals surface area contributed by atoms with Gasteiger partial charge in [-0.2, -0.15) is 0 Å². The Morgan fingerprint density at radius 3 is 2.74 bits per heavy atom. The van der Waals surface area contributed by atoms with E-state index in [2.05, 4.69) is 82.0 Å². The van der Waals surface area contributed by atoms with E-state index >= 15 is 0 Å². The summed E-state index contributed by atoms with van der Waals surface area (Å²) in [4.78, 5) is 9.63. The molecule has 0 saturated carbocycles. The highest BCUT2D eigenvalue weighted by atomic mass is 16.5. The van der Waals surface area contributed by atoms with Gasteiger partial charge in [0.25, 0.3) is 0 Å². The summed E-state index contributed by atoms with van der Waals surface area (Å²) in [5, 5.41) is 0. The molecule has 1 aromatic carbocycles. The summed E-state index contributed by atoms with van der Waals surface area (Å²) >= 11 is 0. The Morgan fingerprint density at radius 1 is 1.29 bits per heavy atom. The molecule has 0 aromatic heterocycles. The minimum absolute atomic E-state index is 0.171. The normalized spacial score (nSPS) is 19.8. The van der Waals surface area contributed by atoms with Crippen molar-refractivity contribution < 1.29 is 4.74 Å². The van der Waals surface area contributed by atoms with Gasteiger partial charge in [-0.15, -0.1) is 12.3 Å². The molecule has 0 amide bonds. The van der Waals surface area contributed by atoms with E-state index in [1.807, 2.05) is 13.0 Å². The number of benzene rings is 1. The molecule has 0 spiro atoms. The third-order valence-electron chi connectivity index (χ3n) is 6.91. The van der Waals surface area contributed by atoms with Crippen molar-refractivity contribution in [1.29, 1.82) is 0 Å². The zero-order chi connectivity index (χ0) is 25.2. The van der Waals surface area contributed by atoms with Gasteiger partial charge in [0.1, 0.15) is 0 Å². The molecule has 3 heteroatoms. The average Bonchev–Trinajstić information content (AvgIpc) is 2.87. The van der Waals surface area contributed by atoms with Crippen molar-refractivity contribution in [2.45, 2.75) is 52.9 Å². The molecule has 0 bridgehead atoms. The fourth-order valence-corrected chi connectivity index (χ4v) is 4.71. The summed E-state index contributed by atoms with van der Waals surface area (Å²) in [6, 6.07) is 6.37. The van der Waals surface area contributed by atoms with Gasteiger partial charge in [0.05, 0.1) is 11.4 Å². The van der Waals surface area contributed by atoms with Crippen LogP contribution in [0.2, 0.25) is 0 Å². The number of ether oxygens (including phenoxy) is 1. The second kappa shape index (κ2) is 13.2. The maximum atomic E-state index is 5.52. The van der Waals surface area contributed by atoms with Gasteiger partial charge in [0.15, 0.2) is 0 Å². The Hall–Kier alpha value is -3.00. The Morgan fingerprint density at radius 2 is 2.06 bits per heavy atom. The van der Waals surface area contributed by atoms with Crippen LogP contribution < -0.4 is 0 Å². The fourth-order valence-electron chi connectivity index (χ4n) is 4.71. The highest BCUT2D eigenvalue weighted by Gasteiger charge is 2.23. The van der Waals surface area contributed by atoms with Gasteiger partial charge in [-0.05, 0) is 81.2 Å². The van der Waals surface area contributed by atoms with Crippen molar-refractivity contribution >= 4 is 23.3 Å². The lowest BCUT2D eigenvalue weighted by atomic mass is 9.83. The maximum Gasteiger partial charge on any atom is 0.0679 e. The lowest BCUT2D eigenvalue weighted by Crippen LogP contribution is -2.20. The van der Waals surface area contributed by atoms with Crippen molar-refractivity contribution in [1.82, 2.24) is 0 Å². The monoisotopic (exact) mass is 468 g/mol. The van der Waals surface area contributed by atoms with Crippen molar-refractivity contribution in [3.63, 3.8) is 0 Å². The summed E-state index contributed by atoms with van der Waals surface area (Å²) in [7, 11) is 0. The van der Waals surface area contributed by atoms with Crippen LogP contribution in [0.4, 0.5) is 11.4 Å². The van der Waals surface area contributed by atoms with Gasteiger partial charge in [-0.3, -0.25) is 9.98 Å². The molecule has 1 aromatic rings. The smallest absolute Gasteiger partial charge is 0.0679 e. The van der Waals surface area contributed by atoms with E-state index in [1.165, 1.54) is 16.7 Å². The second-order valence-electron chi connectivity index (χ2n) is 9.62. The third kappa shape index (κ3) is 7.75. The van der Waals surface area contributed by atoms with E-state index in [0.29, 0.717) is 11.8 Å². The van der Waals surface area contributed by atoms with Gasteiger partial charge in [-0.25, -0.2) is 0 Å². The van der Waals surface area contributed by atoms with Crippen LogP contribution in [0.1, 0.15) is 52.0 Å². The Labute approximate surface area is 212 Å². The quantitative estimate of drug-likeness (QED) is 0.147. The minimum Gasteiger partial charge on any atom is -0.381 e. The zero-order valence-electron chi connectivity index (χ0n) is 21.7. The van der Waals surface area contributed by atoms with Crippen LogP contribution in [0.15, 0.2) is 94.7 Å². The highest BCUT2D eigenvalue weighted by molar-refractivity contribution is 5.95. The molecule has 2 unspecified atom stereocenters. The number of hydrogen-bond donors (Lipinski definition) is 0. The number of rotatable bonds is 10. The van der Waals surface area contributed by atoms with E-state index in [0.717, 1.165) is 68.0 Å². The molecule has 2 atom stereocenters. The molecule has 3 nitrogen and oxygen atoms in total. The van der Waals surface area contributed by atoms with Crippen LogP contribution in [0, 0.1) is 17.8 Å². The number of hydrogen-bond acceptors (Lipinski definition) is 3. The number of nitrogens with zero attached hydrogens (tertiary/aromatic N) is 2.